The van der Waals surface area contributed by atoms with E-state index in [1.807, 2.05) is 36.4 Å². The molecule has 6 heteroatoms. The molecule has 0 saturated carbocycles. The van der Waals surface area contributed by atoms with E-state index in [1.54, 1.807) is 12.1 Å². The van der Waals surface area contributed by atoms with Gasteiger partial charge in [-0.3, -0.25) is 5.10 Å². The van der Waals surface area contributed by atoms with Gasteiger partial charge in [0, 0.05) is 6.42 Å². The minimum atomic E-state index is -3.65. The summed E-state index contributed by atoms with van der Waals surface area (Å²) in [5, 5.41) is 12.4. The normalized spacial score (nSPS) is 11.5. The lowest BCUT2D eigenvalue weighted by Gasteiger charge is -2.01. The summed E-state index contributed by atoms with van der Waals surface area (Å²) in [5.74, 6) is 0. The van der Waals surface area contributed by atoms with Crippen LogP contribution in [0, 0.1) is 0 Å². The average Bonchev–Trinajstić information content (AvgIpc) is 2.96. The lowest BCUT2D eigenvalue weighted by Crippen LogP contribution is -2.11. The molecule has 0 radical (unpaired) electrons. The number of aromatic amines is 1. The summed E-state index contributed by atoms with van der Waals surface area (Å²) in [6.45, 7) is 0. The van der Waals surface area contributed by atoms with Gasteiger partial charge in [-0.25, -0.2) is 13.6 Å². The smallest absolute Gasteiger partial charge is 0.238 e. The molecule has 1 aromatic heterocycles. The predicted octanol–water partition coefficient (Wildman–Crippen LogP) is 2.31. The number of aromatic nitrogens is 2. The fourth-order valence-electron chi connectivity index (χ4n) is 2.23. The second-order valence-corrected chi connectivity index (χ2v) is 6.57. The number of sulfonamides is 1. The second kappa shape index (κ2) is 5.75. The Hall–Kier alpha value is -2.44. The van der Waals surface area contributed by atoms with Crippen molar-refractivity contribution in [2.45, 2.75) is 11.3 Å². The number of rotatable bonds is 4. The molecule has 0 aliphatic carbocycles. The number of H-pyrrole nitrogens is 1. The Morgan fingerprint density at radius 2 is 1.68 bits per heavy atom. The third kappa shape index (κ3) is 3.24. The number of nitrogens with two attached hydrogens (primary N) is 1. The summed E-state index contributed by atoms with van der Waals surface area (Å²) in [4.78, 5) is 0.114. The zero-order valence-corrected chi connectivity index (χ0v) is 12.5. The Labute approximate surface area is 128 Å². The van der Waals surface area contributed by atoms with Crippen molar-refractivity contribution in [3.05, 3.63) is 71.9 Å². The van der Waals surface area contributed by atoms with Gasteiger partial charge in [-0.05, 0) is 29.3 Å². The van der Waals surface area contributed by atoms with Crippen LogP contribution in [0.5, 0.6) is 0 Å². The zero-order chi connectivity index (χ0) is 15.6. The highest BCUT2D eigenvalue weighted by molar-refractivity contribution is 7.89. The Kier molecular flexibility index (Phi) is 3.79. The van der Waals surface area contributed by atoms with Gasteiger partial charge in [-0.15, -0.1) is 0 Å². The fourth-order valence-corrected chi connectivity index (χ4v) is 2.74. The maximum absolute atomic E-state index is 11.2. The van der Waals surface area contributed by atoms with Gasteiger partial charge in [0.15, 0.2) is 0 Å². The molecule has 0 aliphatic heterocycles. The molecule has 1 heterocycles. The third-order valence-electron chi connectivity index (χ3n) is 3.35. The first-order chi connectivity index (χ1) is 10.5. The van der Waals surface area contributed by atoms with Gasteiger partial charge in [-0.2, -0.15) is 5.10 Å². The number of nitrogens with zero attached hydrogens (tertiary/aromatic N) is 1. The van der Waals surface area contributed by atoms with Crippen LogP contribution in [0.3, 0.4) is 0 Å². The molecule has 0 saturated heterocycles. The number of hydrogen-bond acceptors (Lipinski definition) is 3. The molecule has 0 amide bonds. The molecular formula is C16H15N3O2S. The number of nitrogens with one attached hydrogen (secondary N) is 1. The van der Waals surface area contributed by atoms with E-state index in [1.165, 1.54) is 12.1 Å². The van der Waals surface area contributed by atoms with Crippen molar-refractivity contribution in [1.82, 2.24) is 10.2 Å². The van der Waals surface area contributed by atoms with Crippen molar-refractivity contribution >= 4 is 10.0 Å². The molecule has 0 spiro atoms. The molecule has 5 nitrogen and oxygen atoms in total. The van der Waals surface area contributed by atoms with Gasteiger partial charge in [0.2, 0.25) is 10.0 Å². The first kappa shape index (κ1) is 14.5. The van der Waals surface area contributed by atoms with Crippen molar-refractivity contribution in [3.8, 4) is 11.3 Å². The van der Waals surface area contributed by atoms with Gasteiger partial charge in [0.1, 0.15) is 0 Å². The summed E-state index contributed by atoms with van der Waals surface area (Å²) in [6.07, 6.45) is 0.619. The van der Waals surface area contributed by atoms with Crippen LogP contribution in [-0.4, -0.2) is 18.6 Å². The van der Waals surface area contributed by atoms with E-state index in [0.29, 0.717) is 6.42 Å². The maximum atomic E-state index is 11.2. The van der Waals surface area contributed by atoms with E-state index >= 15 is 0 Å². The van der Waals surface area contributed by atoms with Crippen LogP contribution in [0.1, 0.15) is 11.3 Å². The van der Waals surface area contributed by atoms with Crippen molar-refractivity contribution in [3.63, 3.8) is 0 Å². The zero-order valence-electron chi connectivity index (χ0n) is 11.7. The molecule has 3 N–H and O–H groups in total. The van der Waals surface area contributed by atoms with E-state index in [-0.39, 0.29) is 4.90 Å². The topological polar surface area (TPSA) is 88.8 Å². The van der Waals surface area contributed by atoms with E-state index < -0.39 is 10.0 Å². The molecule has 112 valence electrons. The van der Waals surface area contributed by atoms with Gasteiger partial charge in [0.25, 0.3) is 0 Å². The molecule has 0 aliphatic rings. The third-order valence-corrected chi connectivity index (χ3v) is 4.28. The SMILES string of the molecule is NS(=O)(=O)c1ccc(Cc2cc(-c3ccccc3)[nH]n2)cc1. The summed E-state index contributed by atoms with van der Waals surface area (Å²) in [6, 6.07) is 18.4. The quantitative estimate of drug-likeness (QED) is 0.774. The number of primary sulfonamides is 1. The minimum Gasteiger partial charge on any atom is -0.278 e. The Morgan fingerprint density at radius 3 is 2.32 bits per heavy atom. The van der Waals surface area contributed by atoms with E-state index in [2.05, 4.69) is 10.2 Å². The largest absolute Gasteiger partial charge is 0.278 e. The molecule has 3 aromatic rings. The highest BCUT2D eigenvalue weighted by Gasteiger charge is 2.08. The molecular weight excluding hydrogens is 298 g/mol. The van der Waals surface area contributed by atoms with Crippen molar-refractivity contribution < 1.29 is 8.42 Å². The monoisotopic (exact) mass is 313 g/mol. The van der Waals surface area contributed by atoms with Crippen molar-refractivity contribution in [2.24, 2.45) is 5.14 Å². The predicted molar refractivity (Wildman–Crippen MR) is 84.6 cm³/mol. The average molecular weight is 313 g/mol. The summed E-state index contributed by atoms with van der Waals surface area (Å²) >= 11 is 0. The van der Waals surface area contributed by atoms with Crippen molar-refractivity contribution in [1.29, 1.82) is 0 Å². The van der Waals surface area contributed by atoms with Crippen LogP contribution in [0.25, 0.3) is 11.3 Å². The van der Waals surface area contributed by atoms with E-state index in [9.17, 15) is 8.42 Å². The first-order valence-electron chi connectivity index (χ1n) is 6.74. The van der Waals surface area contributed by atoms with E-state index in [4.69, 9.17) is 5.14 Å². The fraction of sp³-hybridized carbons (Fsp3) is 0.0625. The number of benzene rings is 2. The molecule has 22 heavy (non-hydrogen) atoms. The Morgan fingerprint density at radius 1 is 1.00 bits per heavy atom. The molecule has 3 rings (SSSR count). The van der Waals surface area contributed by atoms with Gasteiger partial charge < -0.3 is 0 Å². The highest BCUT2D eigenvalue weighted by Crippen LogP contribution is 2.19. The molecule has 2 aromatic carbocycles. The van der Waals surface area contributed by atoms with Gasteiger partial charge in [0.05, 0.1) is 16.3 Å². The summed E-state index contributed by atoms with van der Waals surface area (Å²) < 4.78 is 22.4. The van der Waals surface area contributed by atoms with Crippen LogP contribution >= 0.6 is 0 Å². The Balaban J connectivity index is 1.78. The van der Waals surface area contributed by atoms with Gasteiger partial charge in [-0.1, -0.05) is 42.5 Å². The molecule has 0 bridgehead atoms. The summed E-state index contributed by atoms with van der Waals surface area (Å²) in [7, 11) is -3.65. The Bertz CT molecular complexity index is 869. The highest BCUT2D eigenvalue weighted by atomic mass is 32.2. The van der Waals surface area contributed by atoms with Crippen LogP contribution in [0.4, 0.5) is 0 Å². The minimum absolute atomic E-state index is 0.114. The summed E-state index contributed by atoms with van der Waals surface area (Å²) in [5.41, 5.74) is 3.89. The van der Waals surface area contributed by atoms with Gasteiger partial charge >= 0.3 is 0 Å². The number of hydrogen-bond donors (Lipinski definition) is 2. The molecule has 0 fully saturated rings. The maximum Gasteiger partial charge on any atom is 0.238 e. The van der Waals surface area contributed by atoms with E-state index in [0.717, 1.165) is 22.5 Å². The molecule has 0 unspecified atom stereocenters. The van der Waals surface area contributed by atoms with Crippen LogP contribution in [0.15, 0.2) is 65.6 Å². The molecule has 0 atom stereocenters. The van der Waals surface area contributed by atoms with Crippen LogP contribution < -0.4 is 5.14 Å². The first-order valence-corrected chi connectivity index (χ1v) is 8.28. The van der Waals surface area contributed by atoms with Crippen LogP contribution in [-0.2, 0) is 16.4 Å². The van der Waals surface area contributed by atoms with Crippen LogP contribution in [0.2, 0.25) is 0 Å². The lowest BCUT2D eigenvalue weighted by molar-refractivity contribution is 0.598. The standard InChI is InChI=1S/C16H15N3O2S/c17-22(20,21)15-8-6-12(7-9-15)10-14-11-16(19-18-14)13-4-2-1-3-5-13/h1-9,11H,10H2,(H,18,19)(H2,17,20,21). The van der Waals surface area contributed by atoms with Crippen molar-refractivity contribution in [2.75, 3.05) is 0 Å². The lowest BCUT2D eigenvalue weighted by atomic mass is 10.1. The second-order valence-electron chi connectivity index (χ2n) is 5.00.